The van der Waals surface area contributed by atoms with E-state index in [1.807, 2.05) is 6.07 Å². The molecule has 0 atom stereocenters. The van der Waals surface area contributed by atoms with Crippen molar-refractivity contribution in [3.63, 3.8) is 0 Å². The molecule has 2 heterocycles. The van der Waals surface area contributed by atoms with Crippen LogP contribution in [0.25, 0.3) is 0 Å². The first-order valence-corrected chi connectivity index (χ1v) is 12.7. The zero-order chi connectivity index (χ0) is 23.3. The number of ether oxygens (including phenoxy) is 1. The Bertz CT molecular complexity index is 946. The summed E-state index contributed by atoms with van der Waals surface area (Å²) in [7, 11) is 1.72. The molecule has 0 aliphatic heterocycles. The Labute approximate surface area is 200 Å². The molecule has 2 aromatic rings. The standard InChI is InChI=1S/C24H36N8O2/c1-34-19-12-18(13-19)28-24(33)27-17-8-6-16(7-9-17)26-23-25-11-10-21(30-23)29-22-14-20(31-32-22)15-4-2-3-5-15/h10-11,14-19H,2-9,12-13H2,1H3,(H2,27,28,33)(H3,25,26,29,30,31,32)/t16?,17?,18-,19-. The monoisotopic (exact) mass is 468 g/mol. The fourth-order valence-corrected chi connectivity index (χ4v) is 5.33. The molecular weight excluding hydrogens is 432 g/mol. The molecule has 2 aromatic heterocycles. The number of nitrogens with zero attached hydrogens (tertiary/aromatic N) is 3. The summed E-state index contributed by atoms with van der Waals surface area (Å²) in [6.07, 6.45) is 12.7. The number of carbonyl (C=O) groups excluding carboxylic acids is 1. The van der Waals surface area contributed by atoms with E-state index in [2.05, 4.69) is 47.5 Å². The van der Waals surface area contributed by atoms with Crippen molar-refractivity contribution in [3.8, 4) is 0 Å². The number of amides is 2. The number of anilines is 3. The second kappa shape index (κ2) is 10.6. The SMILES string of the molecule is CO[C@H]1C[C@H](NC(=O)NC2CCC(Nc3nccc(Nc4cc(C5CCCC5)[nH]n4)n3)CC2)C1. The molecule has 0 unspecified atom stereocenters. The number of carbonyl (C=O) groups is 1. The smallest absolute Gasteiger partial charge is 0.315 e. The first kappa shape index (κ1) is 22.9. The fourth-order valence-electron chi connectivity index (χ4n) is 5.33. The summed E-state index contributed by atoms with van der Waals surface area (Å²) in [5, 5.41) is 20.5. The van der Waals surface area contributed by atoms with E-state index >= 15 is 0 Å². The Balaban J connectivity index is 1.05. The molecule has 2 amide bonds. The first-order valence-electron chi connectivity index (χ1n) is 12.7. The number of hydrogen-bond donors (Lipinski definition) is 5. The number of urea groups is 1. The molecule has 3 aliphatic carbocycles. The van der Waals surface area contributed by atoms with Crippen molar-refractivity contribution in [2.24, 2.45) is 0 Å². The van der Waals surface area contributed by atoms with Crippen LogP contribution in [0.2, 0.25) is 0 Å². The number of hydrogen-bond acceptors (Lipinski definition) is 7. The highest BCUT2D eigenvalue weighted by molar-refractivity contribution is 5.74. The van der Waals surface area contributed by atoms with E-state index in [4.69, 9.17) is 4.74 Å². The largest absolute Gasteiger partial charge is 0.381 e. The highest BCUT2D eigenvalue weighted by Gasteiger charge is 2.31. The molecule has 34 heavy (non-hydrogen) atoms. The van der Waals surface area contributed by atoms with Crippen LogP contribution in [-0.2, 0) is 4.74 Å². The third kappa shape index (κ3) is 5.78. The summed E-state index contributed by atoms with van der Waals surface area (Å²) in [5.74, 6) is 2.72. The van der Waals surface area contributed by atoms with Crippen LogP contribution in [-0.4, -0.2) is 57.5 Å². The minimum Gasteiger partial charge on any atom is -0.381 e. The normalized spacial score (nSPS) is 27.1. The molecule has 10 heteroatoms. The third-order valence-electron chi connectivity index (χ3n) is 7.46. The molecule has 3 fully saturated rings. The van der Waals surface area contributed by atoms with Crippen LogP contribution in [0.15, 0.2) is 18.3 Å². The lowest BCUT2D eigenvalue weighted by Gasteiger charge is -2.35. The van der Waals surface area contributed by atoms with E-state index in [9.17, 15) is 4.79 Å². The molecule has 5 N–H and O–H groups in total. The van der Waals surface area contributed by atoms with E-state index in [1.54, 1.807) is 13.3 Å². The van der Waals surface area contributed by atoms with Crippen molar-refractivity contribution >= 4 is 23.6 Å². The Morgan fingerprint density at radius 1 is 1.00 bits per heavy atom. The molecule has 10 nitrogen and oxygen atoms in total. The maximum Gasteiger partial charge on any atom is 0.315 e. The van der Waals surface area contributed by atoms with Gasteiger partial charge in [0.15, 0.2) is 5.82 Å². The lowest BCUT2D eigenvalue weighted by atomic mass is 9.89. The zero-order valence-corrected chi connectivity index (χ0v) is 19.8. The molecule has 0 radical (unpaired) electrons. The zero-order valence-electron chi connectivity index (χ0n) is 19.8. The molecular formula is C24H36N8O2. The number of rotatable bonds is 8. The van der Waals surface area contributed by atoms with Gasteiger partial charge in [-0.15, -0.1) is 0 Å². The topological polar surface area (TPSA) is 129 Å². The Kier molecular flexibility index (Phi) is 7.13. The highest BCUT2D eigenvalue weighted by atomic mass is 16.5. The molecule has 184 valence electrons. The van der Waals surface area contributed by atoms with Gasteiger partial charge in [-0.2, -0.15) is 10.1 Å². The van der Waals surface area contributed by atoms with Crippen LogP contribution in [0.5, 0.6) is 0 Å². The van der Waals surface area contributed by atoms with E-state index in [1.165, 1.54) is 31.4 Å². The summed E-state index contributed by atoms with van der Waals surface area (Å²) < 4.78 is 5.27. The van der Waals surface area contributed by atoms with Gasteiger partial charge in [0.2, 0.25) is 5.95 Å². The van der Waals surface area contributed by atoms with Gasteiger partial charge in [0.25, 0.3) is 0 Å². The van der Waals surface area contributed by atoms with Gasteiger partial charge in [-0.25, -0.2) is 9.78 Å². The number of aromatic amines is 1. The molecule has 0 bridgehead atoms. The second-order valence-corrected chi connectivity index (χ2v) is 9.92. The average Bonchev–Trinajstić information content (AvgIpc) is 3.50. The molecule has 3 aliphatic rings. The Hall–Kier alpha value is -2.88. The molecule has 3 saturated carbocycles. The van der Waals surface area contributed by atoms with E-state index < -0.39 is 0 Å². The van der Waals surface area contributed by atoms with Crippen LogP contribution < -0.4 is 21.3 Å². The van der Waals surface area contributed by atoms with Crippen LogP contribution in [0.1, 0.15) is 75.8 Å². The summed E-state index contributed by atoms with van der Waals surface area (Å²) in [4.78, 5) is 21.2. The minimum atomic E-state index is -0.0625. The lowest BCUT2D eigenvalue weighted by molar-refractivity contribution is 0.0204. The van der Waals surface area contributed by atoms with Crippen molar-refractivity contribution in [2.75, 3.05) is 17.7 Å². The fraction of sp³-hybridized carbons (Fsp3) is 0.667. The van der Waals surface area contributed by atoms with Crippen molar-refractivity contribution in [3.05, 3.63) is 24.0 Å². The van der Waals surface area contributed by atoms with Crippen molar-refractivity contribution in [1.29, 1.82) is 0 Å². The van der Waals surface area contributed by atoms with E-state index in [0.29, 0.717) is 17.9 Å². The van der Waals surface area contributed by atoms with Crippen LogP contribution >= 0.6 is 0 Å². The van der Waals surface area contributed by atoms with Gasteiger partial charge in [-0.3, -0.25) is 5.10 Å². The number of methoxy groups -OCH3 is 1. The van der Waals surface area contributed by atoms with Gasteiger partial charge < -0.3 is 26.0 Å². The quantitative estimate of drug-likeness (QED) is 0.398. The summed E-state index contributed by atoms with van der Waals surface area (Å²) >= 11 is 0. The number of aromatic nitrogens is 4. The van der Waals surface area contributed by atoms with Gasteiger partial charge in [-0.05, 0) is 57.4 Å². The molecule has 0 aromatic carbocycles. The predicted molar refractivity (Wildman–Crippen MR) is 130 cm³/mol. The summed E-state index contributed by atoms with van der Waals surface area (Å²) in [5.41, 5.74) is 1.21. The van der Waals surface area contributed by atoms with Crippen LogP contribution in [0, 0.1) is 0 Å². The van der Waals surface area contributed by atoms with Gasteiger partial charge >= 0.3 is 6.03 Å². The van der Waals surface area contributed by atoms with Gasteiger partial charge in [0.05, 0.1) is 6.10 Å². The lowest BCUT2D eigenvalue weighted by Crippen LogP contribution is -2.53. The van der Waals surface area contributed by atoms with Crippen LogP contribution in [0.3, 0.4) is 0 Å². The van der Waals surface area contributed by atoms with Crippen molar-refractivity contribution in [1.82, 2.24) is 30.8 Å². The predicted octanol–water partition coefficient (Wildman–Crippen LogP) is 3.80. The highest BCUT2D eigenvalue weighted by Crippen LogP contribution is 2.34. The van der Waals surface area contributed by atoms with E-state index in [0.717, 1.165) is 50.2 Å². The van der Waals surface area contributed by atoms with Crippen molar-refractivity contribution < 1.29 is 9.53 Å². The van der Waals surface area contributed by atoms with E-state index in [-0.39, 0.29) is 24.2 Å². The molecule has 0 saturated heterocycles. The van der Waals surface area contributed by atoms with Crippen molar-refractivity contribution in [2.45, 2.75) is 94.4 Å². The molecule has 5 rings (SSSR count). The maximum absolute atomic E-state index is 12.2. The maximum atomic E-state index is 12.2. The Morgan fingerprint density at radius 3 is 2.50 bits per heavy atom. The summed E-state index contributed by atoms with van der Waals surface area (Å²) in [6.45, 7) is 0. The van der Waals surface area contributed by atoms with Crippen LogP contribution in [0.4, 0.5) is 22.4 Å². The minimum absolute atomic E-state index is 0.0625. The van der Waals surface area contributed by atoms with Gasteiger partial charge in [0, 0.05) is 49.1 Å². The number of H-pyrrole nitrogens is 1. The second-order valence-electron chi connectivity index (χ2n) is 9.92. The third-order valence-corrected chi connectivity index (χ3v) is 7.46. The first-order chi connectivity index (χ1) is 16.6. The number of nitrogens with one attached hydrogen (secondary N) is 5. The van der Waals surface area contributed by atoms with Gasteiger partial charge in [0.1, 0.15) is 5.82 Å². The summed E-state index contributed by atoms with van der Waals surface area (Å²) in [6, 6.07) is 4.62. The Morgan fingerprint density at radius 2 is 1.74 bits per heavy atom. The van der Waals surface area contributed by atoms with Gasteiger partial charge in [-0.1, -0.05) is 12.8 Å². The average molecular weight is 469 g/mol. The molecule has 0 spiro atoms.